The maximum absolute atomic E-state index is 11.8. The predicted octanol–water partition coefficient (Wildman–Crippen LogP) is 6.88. The van der Waals surface area contributed by atoms with Crippen molar-refractivity contribution in [1.82, 2.24) is 9.88 Å². The lowest BCUT2D eigenvalue weighted by Gasteiger charge is -2.29. The Morgan fingerprint density at radius 1 is 1.10 bits per heavy atom. The first kappa shape index (κ1) is 27.2. The monoisotopic (exact) mass is 528 g/mol. The van der Waals surface area contributed by atoms with Crippen molar-refractivity contribution in [2.75, 3.05) is 20.2 Å². The van der Waals surface area contributed by atoms with Crippen molar-refractivity contribution in [3.63, 3.8) is 0 Å². The Labute approximate surface area is 232 Å². The normalized spacial score (nSPS) is 18.2. The van der Waals surface area contributed by atoms with Crippen LogP contribution in [0.1, 0.15) is 74.3 Å². The molecule has 2 aromatic carbocycles. The van der Waals surface area contributed by atoms with E-state index in [0.717, 1.165) is 62.2 Å². The molecule has 1 aliphatic carbocycles. The summed E-state index contributed by atoms with van der Waals surface area (Å²) in [4.78, 5) is 18.6. The number of hydrogen-bond acceptors (Lipinski definition) is 5. The molecule has 3 aromatic rings. The van der Waals surface area contributed by atoms with E-state index in [0.29, 0.717) is 11.8 Å². The van der Waals surface area contributed by atoms with E-state index in [4.69, 9.17) is 9.47 Å². The molecule has 0 bridgehead atoms. The number of benzene rings is 2. The first-order chi connectivity index (χ1) is 18.9. The lowest BCUT2D eigenvalue weighted by atomic mass is 9.82. The number of fused-ring (bicyclic) bond motifs is 1. The first-order valence-corrected chi connectivity index (χ1v) is 14.3. The fraction of sp³-hybridized carbons (Fsp3) is 0.455. The zero-order valence-corrected chi connectivity index (χ0v) is 23.5. The second-order valence-electron chi connectivity index (χ2n) is 11.0. The lowest BCUT2D eigenvalue weighted by molar-refractivity contribution is -0.142. The van der Waals surface area contributed by atoms with Crippen LogP contribution >= 0.6 is 0 Å². The minimum atomic E-state index is -0.726. The maximum atomic E-state index is 11.8. The minimum Gasteiger partial charge on any atom is -0.485 e. The second-order valence-corrected chi connectivity index (χ2v) is 11.0. The number of nitrogens with zero attached hydrogens (tertiary/aromatic N) is 2. The van der Waals surface area contributed by atoms with Crippen molar-refractivity contribution in [2.45, 2.75) is 65.0 Å². The molecule has 1 aromatic heterocycles. The van der Waals surface area contributed by atoms with Gasteiger partial charge in [-0.15, -0.1) is 0 Å². The van der Waals surface area contributed by atoms with Crippen LogP contribution in [0.5, 0.6) is 11.6 Å². The Kier molecular flexibility index (Phi) is 8.22. The van der Waals surface area contributed by atoms with Gasteiger partial charge in [-0.1, -0.05) is 51.1 Å². The van der Waals surface area contributed by atoms with Gasteiger partial charge in [0, 0.05) is 18.8 Å². The Morgan fingerprint density at radius 2 is 1.90 bits per heavy atom. The molecule has 6 heteroatoms. The van der Waals surface area contributed by atoms with Crippen LogP contribution in [0.25, 0.3) is 11.1 Å². The SMILES string of the molecule is CCN(CC)Cc1cc([C@@H]2CCc3ccc(C(C4CC4)[C@H](C)C(=O)O)cc3O2)ccc1-c1ccnc(OC)c1. The van der Waals surface area contributed by atoms with Gasteiger partial charge in [0.15, 0.2) is 0 Å². The van der Waals surface area contributed by atoms with E-state index >= 15 is 0 Å². The third-order valence-corrected chi connectivity index (χ3v) is 8.52. The zero-order chi connectivity index (χ0) is 27.5. The first-order valence-electron chi connectivity index (χ1n) is 14.3. The fourth-order valence-corrected chi connectivity index (χ4v) is 6.01. The predicted molar refractivity (Wildman–Crippen MR) is 153 cm³/mol. The molecule has 39 heavy (non-hydrogen) atoms. The van der Waals surface area contributed by atoms with Crippen LogP contribution in [-0.4, -0.2) is 41.2 Å². The third kappa shape index (κ3) is 5.96. The summed E-state index contributed by atoms with van der Waals surface area (Å²) >= 11 is 0. The van der Waals surface area contributed by atoms with Gasteiger partial charge in [-0.05, 0) is 96.1 Å². The third-order valence-electron chi connectivity index (χ3n) is 8.52. The van der Waals surface area contributed by atoms with Gasteiger partial charge in [0.2, 0.25) is 5.88 Å². The average Bonchev–Trinajstić information content (AvgIpc) is 3.80. The van der Waals surface area contributed by atoms with Crippen LogP contribution < -0.4 is 9.47 Å². The van der Waals surface area contributed by atoms with Crippen LogP contribution in [0.15, 0.2) is 54.7 Å². The number of ether oxygens (including phenoxy) is 2. The van der Waals surface area contributed by atoms with Gasteiger partial charge in [0.25, 0.3) is 0 Å². The molecule has 206 valence electrons. The smallest absolute Gasteiger partial charge is 0.306 e. The standard InChI is InChI=1S/C33H40N2O4/c1-5-35(6-2)20-27-17-25(11-13-28(27)24-15-16-34-31(19-24)38-4)29-14-12-22-7-10-26(18-30(22)39-29)32(23-8-9-23)21(3)33(36)37/h7,10-11,13,15-19,21,23,29,32H,5-6,8-9,12,14,20H2,1-4H3,(H,36,37)/t21-,29-,32?/m0/s1. The van der Waals surface area contributed by atoms with Gasteiger partial charge in [-0.2, -0.15) is 0 Å². The van der Waals surface area contributed by atoms with E-state index in [1.54, 1.807) is 13.3 Å². The summed E-state index contributed by atoms with van der Waals surface area (Å²) in [6.45, 7) is 9.04. The molecule has 3 atom stereocenters. The molecule has 1 saturated carbocycles. The van der Waals surface area contributed by atoms with Crippen molar-refractivity contribution in [3.8, 4) is 22.8 Å². The number of rotatable bonds is 11. The van der Waals surface area contributed by atoms with Gasteiger partial charge in [-0.25, -0.2) is 4.98 Å². The summed E-state index contributed by atoms with van der Waals surface area (Å²) in [5.74, 6) is 0.868. The number of carboxylic acid groups (broad SMARTS) is 1. The summed E-state index contributed by atoms with van der Waals surface area (Å²) < 4.78 is 12.0. The minimum absolute atomic E-state index is 0.0362. The molecule has 1 N–H and O–H groups in total. The Balaban J connectivity index is 1.45. The van der Waals surface area contributed by atoms with Gasteiger partial charge in [-0.3, -0.25) is 9.69 Å². The Bertz CT molecular complexity index is 1310. The number of methoxy groups -OCH3 is 1. The zero-order valence-electron chi connectivity index (χ0n) is 23.5. The molecule has 2 aliphatic rings. The van der Waals surface area contributed by atoms with Crippen molar-refractivity contribution < 1.29 is 19.4 Å². The van der Waals surface area contributed by atoms with E-state index in [1.165, 1.54) is 22.3 Å². The van der Waals surface area contributed by atoms with E-state index in [1.807, 2.05) is 19.1 Å². The number of aromatic nitrogens is 1. The summed E-state index contributed by atoms with van der Waals surface area (Å²) in [5, 5.41) is 9.73. The molecule has 5 rings (SSSR count). The highest BCUT2D eigenvalue weighted by molar-refractivity contribution is 5.71. The molecule has 0 spiro atoms. The summed E-state index contributed by atoms with van der Waals surface area (Å²) in [6, 6.07) is 17.1. The quantitative estimate of drug-likeness (QED) is 0.293. The number of aryl methyl sites for hydroxylation is 1. The fourth-order valence-electron chi connectivity index (χ4n) is 6.01. The lowest BCUT2D eigenvalue weighted by Crippen LogP contribution is -2.23. The van der Waals surface area contributed by atoms with Crippen molar-refractivity contribution in [2.24, 2.45) is 11.8 Å². The topological polar surface area (TPSA) is 71.9 Å². The number of carboxylic acids is 1. The molecule has 0 amide bonds. The van der Waals surface area contributed by atoms with Gasteiger partial charge >= 0.3 is 5.97 Å². The van der Waals surface area contributed by atoms with E-state index in [2.05, 4.69) is 60.1 Å². The van der Waals surface area contributed by atoms with Crippen molar-refractivity contribution in [1.29, 1.82) is 0 Å². The summed E-state index contributed by atoms with van der Waals surface area (Å²) in [6.07, 6.45) is 5.82. The van der Waals surface area contributed by atoms with E-state index < -0.39 is 11.9 Å². The van der Waals surface area contributed by atoms with Gasteiger partial charge in [0.05, 0.1) is 13.0 Å². The highest BCUT2D eigenvalue weighted by atomic mass is 16.5. The number of aliphatic carboxylic acids is 1. The molecule has 2 heterocycles. The molecule has 0 radical (unpaired) electrons. The largest absolute Gasteiger partial charge is 0.485 e. The van der Waals surface area contributed by atoms with Crippen LogP contribution in [-0.2, 0) is 17.8 Å². The highest BCUT2D eigenvalue weighted by Crippen LogP contribution is 2.48. The summed E-state index contributed by atoms with van der Waals surface area (Å²) in [5.41, 5.74) is 7.01. The number of carbonyl (C=O) groups is 1. The Morgan fingerprint density at radius 3 is 2.59 bits per heavy atom. The van der Waals surface area contributed by atoms with Crippen LogP contribution in [0, 0.1) is 11.8 Å². The van der Waals surface area contributed by atoms with Crippen LogP contribution in [0.4, 0.5) is 0 Å². The molecular formula is C33H40N2O4. The van der Waals surface area contributed by atoms with Gasteiger partial charge in [0.1, 0.15) is 11.9 Å². The van der Waals surface area contributed by atoms with E-state index in [9.17, 15) is 9.90 Å². The van der Waals surface area contributed by atoms with Crippen LogP contribution in [0.3, 0.4) is 0 Å². The highest BCUT2D eigenvalue weighted by Gasteiger charge is 2.39. The number of pyridine rings is 1. The van der Waals surface area contributed by atoms with Crippen molar-refractivity contribution in [3.05, 3.63) is 77.0 Å². The molecule has 6 nitrogen and oxygen atoms in total. The molecular weight excluding hydrogens is 488 g/mol. The van der Waals surface area contributed by atoms with Gasteiger partial charge < -0.3 is 14.6 Å². The summed E-state index contributed by atoms with van der Waals surface area (Å²) in [7, 11) is 1.64. The maximum Gasteiger partial charge on any atom is 0.306 e. The molecule has 1 aliphatic heterocycles. The van der Waals surface area contributed by atoms with Crippen LogP contribution in [0.2, 0.25) is 0 Å². The molecule has 0 saturated heterocycles. The molecule has 1 fully saturated rings. The second kappa shape index (κ2) is 11.8. The molecule has 1 unspecified atom stereocenters. The van der Waals surface area contributed by atoms with Crippen molar-refractivity contribution >= 4 is 5.97 Å². The Hall–Kier alpha value is -3.38. The average molecular weight is 529 g/mol. The van der Waals surface area contributed by atoms with E-state index in [-0.39, 0.29) is 12.0 Å². The number of hydrogen-bond donors (Lipinski definition) is 1.